The Hall–Kier alpha value is -0.280. The quantitative estimate of drug-likeness (QED) is 0.808. The van der Waals surface area contributed by atoms with Crippen LogP contribution >= 0.6 is 12.4 Å². The summed E-state index contributed by atoms with van der Waals surface area (Å²) in [5, 5.41) is 0. The predicted molar refractivity (Wildman–Crippen MR) is 67.5 cm³/mol. The number of rotatable bonds is 2. The van der Waals surface area contributed by atoms with Crippen molar-refractivity contribution in [2.45, 2.75) is 45.1 Å². The molecule has 1 aliphatic carbocycles. The van der Waals surface area contributed by atoms with Crippen molar-refractivity contribution in [1.29, 1.82) is 0 Å². The molecule has 0 aromatic heterocycles. The van der Waals surface area contributed by atoms with Crippen molar-refractivity contribution in [2.24, 2.45) is 17.6 Å². The fourth-order valence-corrected chi connectivity index (χ4v) is 2.77. The average molecular weight is 247 g/mol. The van der Waals surface area contributed by atoms with Gasteiger partial charge in [-0.3, -0.25) is 4.79 Å². The summed E-state index contributed by atoms with van der Waals surface area (Å²) in [6.07, 6.45) is 5.79. The van der Waals surface area contributed by atoms with Crippen LogP contribution in [0.2, 0.25) is 0 Å². The number of nitrogens with zero attached hydrogens (tertiary/aromatic N) is 1. The van der Waals surface area contributed by atoms with E-state index in [0.717, 1.165) is 25.8 Å². The van der Waals surface area contributed by atoms with Crippen molar-refractivity contribution in [1.82, 2.24) is 4.90 Å². The van der Waals surface area contributed by atoms with Crippen molar-refractivity contribution in [3.63, 3.8) is 0 Å². The van der Waals surface area contributed by atoms with Gasteiger partial charge in [0.25, 0.3) is 0 Å². The summed E-state index contributed by atoms with van der Waals surface area (Å²) in [6, 6.07) is 0.298. The molecule has 4 heteroatoms. The van der Waals surface area contributed by atoms with E-state index >= 15 is 0 Å². The number of halogens is 1. The van der Waals surface area contributed by atoms with E-state index in [-0.39, 0.29) is 12.4 Å². The molecule has 1 aliphatic heterocycles. The Bertz CT molecular complexity index is 243. The van der Waals surface area contributed by atoms with Crippen LogP contribution in [0, 0.1) is 11.8 Å². The fourth-order valence-electron chi connectivity index (χ4n) is 2.77. The minimum absolute atomic E-state index is 0. The second kappa shape index (κ2) is 5.87. The first-order valence-corrected chi connectivity index (χ1v) is 6.24. The van der Waals surface area contributed by atoms with Gasteiger partial charge in [-0.15, -0.1) is 12.4 Å². The first kappa shape index (κ1) is 13.8. The van der Waals surface area contributed by atoms with E-state index in [0.29, 0.717) is 30.3 Å². The molecular formula is C12H23ClN2O. The molecule has 2 unspecified atom stereocenters. The highest BCUT2D eigenvalue weighted by Crippen LogP contribution is 2.31. The van der Waals surface area contributed by atoms with Gasteiger partial charge in [0.1, 0.15) is 0 Å². The van der Waals surface area contributed by atoms with Gasteiger partial charge in [-0.2, -0.15) is 0 Å². The molecule has 0 radical (unpaired) electrons. The number of likely N-dealkylation sites (tertiary alicyclic amines) is 1. The summed E-state index contributed by atoms with van der Waals surface area (Å²) in [6.45, 7) is 3.78. The van der Waals surface area contributed by atoms with Crippen LogP contribution in [0.1, 0.15) is 39.0 Å². The Morgan fingerprint density at radius 3 is 2.50 bits per heavy atom. The molecule has 2 N–H and O–H groups in total. The van der Waals surface area contributed by atoms with Gasteiger partial charge in [0.2, 0.25) is 5.91 Å². The number of carbonyl (C=O) groups is 1. The largest absolute Gasteiger partial charge is 0.338 e. The maximum absolute atomic E-state index is 12.2. The van der Waals surface area contributed by atoms with Gasteiger partial charge >= 0.3 is 0 Å². The first-order valence-electron chi connectivity index (χ1n) is 6.24. The van der Waals surface area contributed by atoms with Crippen LogP contribution < -0.4 is 5.73 Å². The smallest absolute Gasteiger partial charge is 0.225 e. The molecule has 0 bridgehead atoms. The van der Waals surface area contributed by atoms with Crippen molar-refractivity contribution in [2.75, 3.05) is 13.1 Å². The van der Waals surface area contributed by atoms with E-state index in [9.17, 15) is 4.79 Å². The third kappa shape index (κ3) is 2.51. The molecule has 2 atom stereocenters. The lowest BCUT2D eigenvalue weighted by atomic mass is 9.82. The summed E-state index contributed by atoms with van der Waals surface area (Å²) in [5.41, 5.74) is 5.79. The highest BCUT2D eigenvalue weighted by atomic mass is 35.5. The Kier molecular flexibility index (Phi) is 5.06. The summed E-state index contributed by atoms with van der Waals surface area (Å²) in [4.78, 5) is 14.2. The fraction of sp³-hybridized carbons (Fsp3) is 0.917. The van der Waals surface area contributed by atoms with Gasteiger partial charge in [0.15, 0.2) is 0 Å². The van der Waals surface area contributed by atoms with Crippen molar-refractivity contribution in [3.05, 3.63) is 0 Å². The summed E-state index contributed by atoms with van der Waals surface area (Å²) < 4.78 is 0. The van der Waals surface area contributed by atoms with Crippen LogP contribution in [0.3, 0.4) is 0 Å². The SMILES string of the molecule is CC1CCCN(C(=O)C2CCC2)C1CN.Cl. The zero-order valence-electron chi connectivity index (χ0n) is 10.0. The molecule has 16 heavy (non-hydrogen) atoms. The van der Waals surface area contributed by atoms with Gasteiger partial charge < -0.3 is 10.6 Å². The second-order valence-corrected chi connectivity index (χ2v) is 5.08. The number of nitrogens with two attached hydrogens (primary N) is 1. The van der Waals surface area contributed by atoms with E-state index in [1.165, 1.54) is 12.8 Å². The van der Waals surface area contributed by atoms with E-state index in [4.69, 9.17) is 5.73 Å². The minimum Gasteiger partial charge on any atom is -0.338 e. The maximum Gasteiger partial charge on any atom is 0.225 e. The molecule has 0 aromatic carbocycles. The second-order valence-electron chi connectivity index (χ2n) is 5.08. The molecule has 1 saturated carbocycles. The Balaban J connectivity index is 0.00000128. The Morgan fingerprint density at radius 1 is 1.31 bits per heavy atom. The predicted octanol–water partition coefficient (Wildman–Crippen LogP) is 1.79. The maximum atomic E-state index is 12.2. The highest BCUT2D eigenvalue weighted by Gasteiger charge is 2.36. The molecule has 1 saturated heterocycles. The number of hydrogen-bond donors (Lipinski definition) is 1. The molecule has 94 valence electrons. The zero-order valence-corrected chi connectivity index (χ0v) is 10.8. The van der Waals surface area contributed by atoms with Crippen LogP contribution in [-0.2, 0) is 4.79 Å². The van der Waals surface area contributed by atoms with Crippen LogP contribution in [-0.4, -0.2) is 29.9 Å². The van der Waals surface area contributed by atoms with E-state index in [1.807, 2.05) is 0 Å². The number of hydrogen-bond acceptors (Lipinski definition) is 2. The highest BCUT2D eigenvalue weighted by molar-refractivity contribution is 5.85. The van der Waals surface area contributed by atoms with E-state index in [2.05, 4.69) is 11.8 Å². The number of amides is 1. The van der Waals surface area contributed by atoms with Crippen LogP contribution in [0.25, 0.3) is 0 Å². The molecule has 3 nitrogen and oxygen atoms in total. The van der Waals surface area contributed by atoms with E-state index in [1.54, 1.807) is 0 Å². The van der Waals surface area contributed by atoms with Gasteiger partial charge in [0.05, 0.1) is 0 Å². The average Bonchev–Trinajstić information content (AvgIpc) is 2.14. The van der Waals surface area contributed by atoms with Crippen LogP contribution in [0.5, 0.6) is 0 Å². The minimum atomic E-state index is 0. The lowest BCUT2D eigenvalue weighted by Crippen LogP contribution is -2.53. The first-order chi connectivity index (χ1) is 7.24. The third-order valence-corrected chi connectivity index (χ3v) is 4.09. The van der Waals surface area contributed by atoms with Crippen molar-refractivity contribution >= 4 is 18.3 Å². The molecule has 2 fully saturated rings. The van der Waals surface area contributed by atoms with Gasteiger partial charge in [-0.1, -0.05) is 13.3 Å². The van der Waals surface area contributed by atoms with Crippen LogP contribution in [0.4, 0.5) is 0 Å². The van der Waals surface area contributed by atoms with Crippen molar-refractivity contribution < 1.29 is 4.79 Å². The molecule has 2 rings (SSSR count). The third-order valence-electron chi connectivity index (χ3n) is 4.09. The van der Waals surface area contributed by atoms with E-state index < -0.39 is 0 Å². The number of carbonyl (C=O) groups excluding carboxylic acids is 1. The zero-order chi connectivity index (χ0) is 10.8. The normalized spacial score (nSPS) is 30.5. The molecular weight excluding hydrogens is 224 g/mol. The lowest BCUT2D eigenvalue weighted by Gasteiger charge is -2.42. The monoisotopic (exact) mass is 246 g/mol. The van der Waals surface area contributed by atoms with Crippen LogP contribution in [0.15, 0.2) is 0 Å². The summed E-state index contributed by atoms with van der Waals surface area (Å²) in [7, 11) is 0. The Labute approximate surface area is 104 Å². The summed E-state index contributed by atoms with van der Waals surface area (Å²) >= 11 is 0. The standard InChI is InChI=1S/C12H22N2O.ClH/c1-9-4-3-7-14(11(9)8-13)12(15)10-5-2-6-10;/h9-11H,2-8,13H2,1H3;1H. The van der Waals surface area contributed by atoms with Gasteiger partial charge in [-0.25, -0.2) is 0 Å². The molecule has 0 aromatic rings. The molecule has 1 heterocycles. The lowest BCUT2D eigenvalue weighted by molar-refractivity contribution is -0.143. The Morgan fingerprint density at radius 2 is 2.00 bits per heavy atom. The van der Waals surface area contributed by atoms with Crippen molar-refractivity contribution in [3.8, 4) is 0 Å². The molecule has 1 amide bonds. The topological polar surface area (TPSA) is 46.3 Å². The van der Waals surface area contributed by atoms with Gasteiger partial charge in [-0.05, 0) is 31.6 Å². The number of piperidine rings is 1. The van der Waals surface area contributed by atoms with Gasteiger partial charge in [0, 0.05) is 25.0 Å². The summed E-state index contributed by atoms with van der Waals surface area (Å²) in [5.74, 6) is 1.28. The molecule has 0 spiro atoms. The molecule has 2 aliphatic rings.